The van der Waals surface area contributed by atoms with Gasteiger partial charge in [0.2, 0.25) is 5.91 Å². The number of methoxy groups -OCH3 is 1. The van der Waals surface area contributed by atoms with E-state index in [1.54, 1.807) is 32.1 Å². The van der Waals surface area contributed by atoms with Crippen molar-refractivity contribution in [2.45, 2.75) is 20.8 Å². The first-order valence-corrected chi connectivity index (χ1v) is 8.15. The van der Waals surface area contributed by atoms with Crippen LogP contribution in [-0.4, -0.2) is 13.0 Å². The Morgan fingerprint density at radius 3 is 2.44 bits per heavy atom. The number of hydrogen-bond donors (Lipinski definition) is 1. The number of carbonyl (C=O) groups is 1. The van der Waals surface area contributed by atoms with Gasteiger partial charge in [-0.05, 0) is 44.1 Å². The molecule has 0 fully saturated rings. The van der Waals surface area contributed by atoms with E-state index >= 15 is 0 Å². The van der Waals surface area contributed by atoms with Gasteiger partial charge in [-0.1, -0.05) is 41.4 Å². The van der Waals surface area contributed by atoms with Gasteiger partial charge in [0.25, 0.3) is 0 Å². The number of rotatable bonds is 6. The predicted octanol–water partition coefficient (Wildman–Crippen LogP) is 5.55. The molecule has 0 spiro atoms. The summed E-state index contributed by atoms with van der Waals surface area (Å²) < 4.78 is 19.3. The molecule has 0 saturated heterocycles. The monoisotopic (exact) mass is 383 g/mol. The molecule has 1 aromatic carbocycles. The van der Waals surface area contributed by atoms with Crippen molar-refractivity contribution in [1.29, 1.82) is 0 Å². The van der Waals surface area contributed by atoms with Crippen molar-refractivity contribution in [3.05, 3.63) is 68.5 Å². The fourth-order valence-electron chi connectivity index (χ4n) is 1.98. The first-order chi connectivity index (χ1) is 11.7. The molecular weight excluding hydrogens is 364 g/mol. The Bertz CT molecular complexity index is 793. The standard InChI is InChI=1S/C19H20Cl2FNO2/c1-11(9-18(23)24)5-8-16(22)12(2)6-7-14-15(20)10-17(25-4)13(3)19(14)21/h5-10H,1-4H3,(H2,23,24)/b7-6+,8-5+,11-9+,16-12-. The zero-order valence-corrected chi connectivity index (χ0v) is 16.0. The van der Waals surface area contributed by atoms with Crippen LogP contribution in [0, 0.1) is 6.92 Å². The highest BCUT2D eigenvalue weighted by Gasteiger charge is 2.11. The first kappa shape index (κ1) is 21.0. The van der Waals surface area contributed by atoms with E-state index in [0.717, 1.165) is 5.56 Å². The van der Waals surface area contributed by atoms with Crippen molar-refractivity contribution >= 4 is 35.2 Å². The lowest BCUT2D eigenvalue weighted by Crippen LogP contribution is -2.06. The molecule has 0 radical (unpaired) electrons. The Hall–Kier alpha value is -2.04. The average molecular weight is 384 g/mol. The molecule has 2 N–H and O–H groups in total. The van der Waals surface area contributed by atoms with Crippen molar-refractivity contribution in [3.8, 4) is 5.75 Å². The quantitative estimate of drug-likeness (QED) is 0.516. The number of amides is 1. The summed E-state index contributed by atoms with van der Waals surface area (Å²) in [6.07, 6.45) is 7.16. The highest BCUT2D eigenvalue weighted by Crippen LogP contribution is 2.35. The third kappa shape index (κ3) is 6.07. The second-order valence-corrected chi connectivity index (χ2v) is 6.19. The largest absolute Gasteiger partial charge is 0.496 e. The molecule has 1 aromatic rings. The Morgan fingerprint density at radius 2 is 1.88 bits per heavy atom. The van der Waals surface area contributed by atoms with Crippen LogP contribution in [0.25, 0.3) is 6.08 Å². The van der Waals surface area contributed by atoms with Gasteiger partial charge in [0.1, 0.15) is 11.6 Å². The summed E-state index contributed by atoms with van der Waals surface area (Å²) >= 11 is 12.5. The molecule has 0 heterocycles. The lowest BCUT2D eigenvalue weighted by Gasteiger charge is -2.10. The number of benzene rings is 1. The van der Waals surface area contributed by atoms with Crippen molar-refractivity contribution in [2.75, 3.05) is 7.11 Å². The summed E-state index contributed by atoms with van der Waals surface area (Å²) in [6, 6.07) is 1.66. The number of allylic oxidation sites excluding steroid dienone is 6. The van der Waals surface area contributed by atoms with Crippen LogP contribution < -0.4 is 10.5 Å². The van der Waals surface area contributed by atoms with Crippen LogP contribution in [-0.2, 0) is 4.79 Å². The lowest BCUT2D eigenvalue weighted by atomic mass is 10.1. The van der Waals surface area contributed by atoms with Gasteiger partial charge in [-0.2, -0.15) is 0 Å². The van der Waals surface area contributed by atoms with Gasteiger partial charge >= 0.3 is 0 Å². The second-order valence-electron chi connectivity index (χ2n) is 5.40. The molecule has 0 saturated carbocycles. The molecule has 6 heteroatoms. The Labute approximate surface area is 157 Å². The molecule has 1 rings (SSSR count). The second kappa shape index (κ2) is 9.44. The summed E-state index contributed by atoms with van der Waals surface area (Å²) in [5, 5.41) is 0.859. The summed E-state index contributed by atoms with van der Waals surface area (Å²) in [5.74, 6) is -0.446. The third-order valence-corrected chi connectivity index (χ3v) is 4.21. The third-order valence-electron chi connectivity index (χ3n) is 3.41. The summed E-state index contributed by atoms with van der Waals surface area (Å²) in [6.45, 7) is 5.08. The van der Waals surface area contributed by atoms with E-state index in [1.807, 2.05) is 6.92 Å². The van der Waals surface area contributed by atoms with Crippen molar-refractivity contribution in [1.82, 2.24) is 0 Å². The van der Waals surface area contributed by atoms with Crippen LogP contribution in [0.5, 0.6) is 5.75 Å². The van der Waals surface area contributed by atoms with Gasteiger partial charge in [0, 0.05) is 17.2 Å². The van der Waals surface area contributed by atoms with Gasteiger partial charge < -0.3 is 10.5 Å². The van der Waals surface area contributed by atoms with E-state index in [4.69, 9.17) is 33.7 Å². The molecule has 0 aliphatic heterocycles. The minimum atomic E-state index is -0.581. The highest BCUT2D eigenvalue weighted by molar-refractivity contribution is 6.38. The highest BCUT2D eigenvalue weighted by atomic mass is 35.5. The van der Waals surface area contributed by atoms with E-state index in [-0.39, 0.29) is 0 Å². The van der Waals surface area contributed by atoms with E-state index < -0.39 is 11.7 Å². The molecule has 0 unspecified atom stereocenters. The fourth-order valence-corrected chi connectivity index (χ4v) is 2.54. The number of primary amides is 1. The van der Waals surface area contributed by atoms with Crippen LogP contribution >= 0.6 is 23.2 Å². The molecule has 134 valence electrons. The average Bonchev–Trinajstić information content (AvgIpc) is 2.54. The molecule has 3 nitrogen and oxygen atoms in total. The maximum atomic E-state index is 14.1. The molecule has 0 atom stereocenters. The minimum absolute atomic E-state index is 0.378. The Balaban J connectivity index is 3.11. The molecule has 25 heavy (non-hydrogen) atoms. The predicted molar refractivity (Wildman–Crippen MR) is 103 cm³/mol. The fraction of sp³-hybridized carbons (Fsp3) is 0.211. The van der Waals surface area contributed by atoms with E-state index in [2.05, 4.69) is 0 Å². The maximum Gasteiger partial charge on any atom is 0.241 e. The van der Waals surface area contributed by atoms with Gasteiger partial charge in [-0.15, -0.1) is 0 Å². The SMILES string of the molecule is COc1cc(Cl)c(/C=C/C(C)=C(F)/C=C/C(C)=C/C(N)=O)c(Cl)c1C. The summed E-state index contributed by atoms with van der Waals surface area (Å²) in [4.78, 5) is 10.7. The van der Waals surface area contributed by atoms with E-state index in [1.165, 1.54) is 25.3 Å². The molecular formula is C19H20Cl2FNO2. The molecule has 0 aliphatic carbocycles. The van der Waals surface area contributed by atoms with Crippen LogP contribution in [0.2, 0.25) is 10.0 Å². The van der Waals surface area contributed by atoms with Crippen LogP contribution in [0.4, 0.5) is 4.39 Å². The van der Waals surface area contributed by atoms with E-state index in [9.17, 15) is 9.18 Å². The number of carbonyl (C=O) groups excluding carboxylic acids is 1. The Kier molecular flexibility index (Phi) is 7.94. The first-order valence-electron chi connectivity index (χ1n) is 7.40. The number of nitrogens with two attached hydrogens (primary N) is 1. The zero-order chi connectivity index (χ0) is 19.1. The van der Waals surface area contributed by atoms with Crippen molar-refractivity contribution in [2.24, 2.45) is 5.73 Å². The molecule has 0 aromatic heterocycles. The molecule has 0 bridgehead atoms. The van der Waals surface area contributed by atoms with Gasteiger partial charge in [-0.3, -0.25) is 4.79 Å². The van der Waals surface area contributed by atoms with E-state index in [0.29, 0.717) is 32.5 Å². The molecule has 0 aliphatic rings. The van der Waals surface area contributed by atoms with Crippen LogP contribution in [0.15, 0.2) is 47.3 Å². The normalized spacial score (nSPS) is 13.5. The van der Waals surface area contributed by atoms with Crippen molar-refractivity contribution < 1.29 is 13.9 Å². The lowest BCUT2D eigenvalue weighted by molar-refractivity contribution is -0.113. The van der Waals surface area contributed by atoms with Gasteiger partial charge in [0.15, 0.2) is 0 Å². The van der Waals surface area contributed by atoms with Crippen molar-refractivity contribution in [3.63, 3.8) is 0 Å². The number of halogens is 3. The minimum Gasteiger partial charge on any atom is -0.496 e. The zero-order valence-electron chi connectivity index (χ0n) is 14.5. The maximum absolute atomic E-state index is 14.1. The van der Waals surface area contributed by atoms with Gasteiger partial charge in [-0.25, -0.2) is 4.39 Å². The van der Waals surface area contributed by atoms with Crippen LogP contribution in [0.1, 0.15) is 25.0 Å². The summed E-state index contributed by atoms with van der Waals surface area (Å²) in [5.41, 5.74) is 7.30. The van der Waals surface area contributed by atoms with Gasteiger partial charge in [0.05, 0.1) is 17.2 Å². The number of hydrogen-bond acceptors (Lipinski definition) is 2. The number of ether oxygens (including phenoxy) is 1. The van der Waals surface area contributed by atoms with Crippen LogP contribution in [0.3, 0.4) is 0 Å². The Morgan fingerprint density at radius 1 is 1.24 bits per heavy atom. The summed E-state index contributed by atoms with van der Waals surface area (Å²) in [7, 11) is 1.54. The topological polar surface area (TPSA) is 52.3 Å². The smallest absolute Gasteiger partial charge is 0.241 e. The molecule has 1 amide bonds.